The quantitative estimate of drug-likeness (QED) is 0.236. The van der Waals surface area contributed by atoms with Gasteiger partial charge in [-0.1, -0.05) is 33.1 Å². The lowest BCUT2D eigenvalue weighted by atomic mass is 9.95. The summed E-state index contributed by atoms with van der Waals surface area (Å²) in [7, 11) is 0. The van der Waals surface area contributed by atoms with Crippen LogP contribution in [0.3, 0.4) is 0 Å². The van der Waals surface area contributed by atoms with Gasteiger partial charge in [-0.05, 0) is 38.5 Å². The smallest absolute Gasteiger partial charge is 0.242 e. The Morgan fingerprint density at radius 1 is 1.17 bits per heavy atom. The monoisotopic (exact) mass is 438 g/mol. The van der Waals surface area contributed by atoms with E-state index < -0.39 is 0 Å². The highest BCUT2D eigenvalue weighted by Crippen LogP contribution is 2.17. The molecule has 0 radical (unpaired) electrons. The lowest BCUT2D eigenvalue weighted by molar-refractivity contribution is -0.120. The topological polar surface area (TPSA) is 65.5 Å². The molecule has 0 heterocycles. The average Bonchev–Trinajstić information content (AvgIpc) is 2.49. The van der Waals surface area contributed by atoms with Gasteiger partial charge >= 0.3 is 0 Å². The zero-order valence-electron chi connectivity index (χ0n) is 15.0. The molecule has 0 unspecified atom stereocenters. The maximum absolute atomic E-state index is 12.0. The largest absolute Gasteiger partial charge is 0.357 e. The van der Waals surface area contributed by atoms with E-state index in [1.165, 1.54) is 25.7 Å². The number of aliphatic imine (C=N–C) groups is 1. The molecule has 1 aliphatic rings. The van der Waals surface area contributed by atoms with Crippen LogP contribution in [0.2, 0.25) is 0 Å². The summed E-state index contributed by atoms with van der Waals surface area (Å²) in [6, 6.07) is 0.359. The third kappa shape index (κ3) is 11.6. The summed E-state index contributed by atoms with van der Waals surface area (Å²) in [5.74, 6) is 1.50. The van der Waals surface area contributed by atoms with Crippen molar-refractivity contribution in [2.75, 3.05) is 19.6 Å². The number of carbonyl (C=O) groups is 1. The number of guanidine groups is 1. The number of carbonyl (C=O) groups excluding carboxylic acids is 1. The minimum Gasteiger partial charge on any atom is -0.357 e. The van der Waals surface area contributed by atoms with Crippen molar-refractivity contribution in [1.82, 2.24) is 16.0 Å². The van der Waals surface area contributed by atoms with Crippen LogP contribution in [0.5, 0.6) is 0 Å². The van der Waals surface area contributed by atoms with E-state index in [2.05, 4.69) is 34.8 Å². The Bertz CT molecular complexity index is 341. The third-order valence-electron chi connectivity index (χ3n) is 3.95. The van der Waals surface area contributed by atoms with E-state index >= 15 is 0 Å². The van der Waals surface area contributed by atoms with Crippen molar-refractivity contribution in [1.29, 1.82) is 0 Å². The van der Waals surface area contributed by atoms with E-state index in [1.54, 1.807) is 0 Å². The van der Waals surface area contributed by atoms with Gasteiger partial charge in [0.1, 0.15) is 6.54 Å². The summed E-state index contributed by atoms with van der Waals surface area (Å²) in [6.45, 7) is 8.40. The molecular formula is C17H35IN4O. The summed E-state index contributed by atoms with van der Waals surface area (Å²) >= 11 is 0. The van der Waals surface area contributed by atoms with Gasteiger partial charge < -0.3 is 16.0 Å². The third-order valence-corrected chi connectivity index (χ3v) is 3.95. The van der Waals surface area contributed by atoms with Crippen LogP contribution in [-0.4, -0.2) is 37.5 Å². The summed E-state index contributed by atoms with van der Waals surface area (Å²) in [5.41, 5.74) is 0. The van der Waals surface area contributed by atoms with Gasteiger partial charge in [-0.2, -0.15) is 0 Å². The predicted octanol–water partition coefficient (Wildman–Crippen LogP) is 3.04. The summed E-state index contributed by atoms with van der Waals surface area (Å²) in [6.07, 6.45) is 8.31. The number of nitrogens with one attached hydrogen (secondary N) is 3. The van der Waals surface area contributed by atoms with Gasteiger partial charge in [0, 0.05) is 19.1 Å². The molecule has 3 N–H and O–H groups in total. The van der Waals surface area contributed by atoms with Gasteiger partial charge in [-0.25, -0.2) is 4.99 Å². The summed E-state index contributed by atoms with van der Waals surface area (Å²) in [4.78, 5) is 16.3. The highest BCUT2D eigenvalue weighted by atomic mass is 127. The fourth-order valence-corrected chi connectivity index (χ4v) is 2.73. The van der Waals surface area contributed by atoms with E-state index in [0.29, 0.717) is 6.04 Å². The first kappa shape index (κ1) is 22.5. The van der Waals surface area contributed by atoms with Gasteiger partial charge in [0.2, 0.25) is 5.91 Å². The molecule has 23 heavy (non-hydrogen) atoms. The molecule has 136 valence electrons. The van der Waals surface area contributed by atoms with Crippen LogP contribution in [0, 0.1) is 5.92 Å². The van der Waals surface area contributed by atoms with Crippen molar-refractivity contribution in [2.24, 2.45) is 10.9 Å². The van der Waals surface area contributed by atoms with Crippen LogP contribution < -0.4 is 16.0 Å². The molecule has 0 atom stereocenters. The highest BCUT2D eigenvalue weighted by Gasteiger charge is 2.15. The Hall–Kier alpha value is -0.530. The van der Waals surface area contributed by atoms with Crippen LogP contribution in [-0.2, 0) is 4.79 Å². The van der Waals surface area contributed by atoms with Crippen molar-refractivity contribution >= 4 is 35.8 Å². The van der Waals surface area contributed by atoms with E-state index in [9.17, 15) is 4.79 Å². The van der Waals surface area contributed by atoms with E-state index in [0.717, 1.165) is 44.2 Å². The summed E-state index contributed by atoms with van der Waals surface area (Å²) < 4.78 is 0. The normalized spacial score (nSPS) is 15.9. The maximum Gasteiger partial charge on any atom is 0.242 e. The molecule has 0 aromatic heterocycles. The second-order valence-electron chi connectivity index (χ2n) is 6.56. The van der Waals surface area contributed by atoms with Crippen molar-refractivity contribution in [3.63, 3.8) is 0 Å². The van der Waals surface area contributed by atoms with E-state index in [1.807, 2.05) is 6.92 Å². The van der Waals surface area contributed by atoms with Gasteiger partial charge in [-0.15, -0.1) is 24.0 Å². The summed E-state index contributed by atoms with van der Waals surface area (Å²) in [5, 5.41) is 9.58. The second-order valence-corrected chi connectivity index (χ2v) is 6.56. The number of hydrogen-bond acceptors (Lipinski definition) is 2. The molecule has 6 heteroatoms. The van der Waals surface area contributed by atoms with Crippen LogP contribution >= 0.6 is 24.0 Å². The Labute approximate surface area is 158 Å². The SMILES string of the molecule is CCNC(=NCC(=O)NC1CCCCC1)NCCCC(C)C.I. The standard InChI is InChI=1S/C17H34N4O.HI/c1-4-18-17(19-12-8-9-14(2)3)20-13-16(22)21-15-10-6-5-7-11-15;/h14-15H,4-13H2,1-3H3,(H,21,22)(H2,18,19,20);1H. The van der Waals surface area contributed by atoms with Crippen molar-refractivity contribution < 1.29 is 4.79 Å². The number of rotatable bonds is 8. The Balaban J connectivity index is 0.00000484. The molecule has 0 aromatic rings. The number of halogens is 1. The van der Waals surface area contributed by atoms with Crippen LogP contribution in [0.15, 0.2) is 4.99 Å². The molecule has 0 bridgehead atoms. The Morgan fingerprint density at radius 2 is 1.87 bits per heavy atom. The van der Waals surface area contributed by atoms with Gasteiger partial charge in [-0.3, -0.25) is 4.79 Å². The fourth-order valence-electron chi connectivity index (χ4n) is 2.73. The van der Waals surface area contributed by atoms with Crippen LogP contribution in [0.25, 0.3) is 0 Å². The zero-order valence-corrected chi connectivity index (χ0v) is 17.3. The van der Waals surface area contributed by atoms with Crippen LogP contribution in [0.4, 0.5) is 0 Å². The minimum absolute atomic E-state index is 0. The number of amides is 1. The number of hydrogen-bond donors (Lipinski definition) is 3. The van der Waals surface area contributed by atoms with E-state index in [4.69, 9.17) is 0 Å². The molecule has 1 saturated carbocycles. The molecule has 1 rings (SSSR count). The van der Waals surface area contributed by atoms with E-state index in [-0.39, 0.29) is 36.4 Å². The molecule has 1 aliphatic carbocycles. The van der Waals surface area contributed by atoms with Gasteiger partial charge in [0.25, 0.3) is 0 Å². The van der Waals surface area contributed by atoms with Crippen molar-refractivity contribution in [3.05, 3.63) is 0 Å². The average molecular weight is 438 g/mol. The molecule has 1 fully saturated rings. The lowest BCUT2D eigenvalue weighted by Crippen LogP contribution is -2.40. The molecule has 1 amide bonds. The van der Waals surface area contributed by atoms with Crippen molar-refractivity contribution in [3.8, 4) is 0 Å². The number of nitrogens with zero attached hydrogens (tertiary/aromatic N) is 1. The first-order chi connectivity index (χ1) is 10.6. The molecule has 0 spiro atoms. The second kappa shape index (κ2) is 13.9. The Kier molecular flexibility index (Phi) is 13.5. The van der Waals surface area contributed by atoms with Gasteiger partial charge in [0.05, 0.1) is 0 Å². The fraction of sp³-hybridized carbons (Fsp3) is 0.882. The molecule has 0 aromatic carbocycles. The first-order valence-corrected chi connectivity index (χ1v) is 8.93. The molecular weight excluding hydrogens is 403 g/mol. The maximum atomic E-state index is 12.0. The molecule has 0 saturated heterocycles. The molecule has 5 nitrogen and oxygen atoms in total. The van der Waals surface area contributed by atoms with Crippen molar-refractivity contribution in [2.45, 2.75) is 71.8 Å². The minimum atomic E-state index is 0. The van der Waals surface area contributed by atoms with Crippen LogP contribution in [0.1, 0.15) is 65.7 Å². The predicted molar refractivity (Wildman–Crippen MR) is 108 cm³/mol. The molecule has 0 aliphatic heterocycles. The van der Waals surface area contributed by atoms with Gasteiger partial charge in [0.15, 0.2) is 5.96 Å². The first-order valence-electron chi connectivity index (χ1n) is 8.93. The highest BCUT2D eigenvalue weighted by molar-refractivity contribution is 14.0. The lowest BCUT2D eigenvalue weighted by Gasteiger charge is -2.22. The Morgan fingerprint density at radius 3 is 2.48 bits per heavy atom. The zero-order chi connectivity index (χ0) is 16.2.